The van der Waals surface area contributed by atoms with Crippen LogP contribution in [0.5, 0.6) is 0 Å². The van der Waals surface area contributed by atoms with Crippen LogP contribution in [0, 0.1) is 0 Å². The van der Waals surface area contributed by atoms with E-state index in [1.165, 1.54) is 76.2 Å². The van der Waals surface area contributed by atoms with Gasteiger partial charge in [0.25, 0.3) is 0 Å². The molecule has 0 aromatic heterocycles. The average Bonchev–Trinajstić information content (AvgIpc) is 2.79. The van der Waals surface area contributed by atoms with Crippen molar-refractivity contribution in [2.45, 2.75) is 109 Å². The van der Waals surface area contributed by atoms with Gasteiger partial charge < -0.3 is 10.4 Å². The zero-order valence-corrected chi connectivity index (χ0v) is 19.8. The van der Waals surface area contributed by atoms with Crippen molar-refractivity contribution < 1.29 is 5.11 Å². The van der Waals surface area contributed by atoms with E-state index in [-0.39, 0.29) is 6.10 Å². The van der Waals surface area contributed by atoms with E-state index < -0.39 is 0 Å². The first kappa shape index (κ1) is 25.5. The monoisotopic (exact) mass is 423 g/mol. The molecule has 2 N–H and O–H groups in total. The summed E-state index contributed by atoms with van der Waals surface area (Å²) in [6.07, 6.45) is 18.7. The van der Waals surface area contributed by atoms with Gasteiger partial charge in [0, 0.05) is 11.4 Å². The molecule has 0 saturated carbocycles. The zero-order chi connectivity index (χ0) is 22.0. The number of aliphatic hydroxyl groups excluding tert-OH is 1. The third-order valence-corrected chi connectivity index (χ3v) is 6.16. The number of aryl methyl sites for hydroxylation is 1. The van der Waals surface area contributed by atoms with Crippen molar-refractivity contribution in [2.75, 3.05) is 5.32 Å². The van der Waals surface area contributed by atoms with Gasteiger partial charge in [-0.05, 0) is 55.5 Å². The van der Waals surface area contributed by atoms with Crippen molar-refractivity contribution in [2.24, 2.45) is 0 Å². The summed E-state index contributed by atoms with van der Waals surface area (Å²) < 4.78 is 0. The number of rotatable bonds is 18. The Morgan fingerprint density at radius 1 is 0.613 bits per heavy atom. The fourth-order valence-electron chi connectivity index (χ4n) is 4.16. The summed E-state index contributed by atoms with van der Waals surface area (Å²) in [7, 11) is 0. The normalized spacial score (nSPS) is 12.1. The van der Waals surface area contributed by atoms with E-state index in [2.05, 4.69) is 48.6 Å². The quantitative estimate of drug-likeness (QED) is 0.235. The van der Waals surface area contributed by atoms with Gasteiger partial charge in [-0.3, -0.25) is 0 Å². The molecular formula is C29H45NO. The lowest BCUT2D eigenvalue weighted by molar-refractivity contribution is 0.147. The van der Waals surface area contributed by atoms with Crippen molar-refractivity contribution in [1.29, 1.82) is 0 Å². The molecule has 1 atom stereocenters. The molecule has 2 heteroatoms. The molecule has 0 aliphatic heterocycles. The Bertz CT molecular complexity index is 652. The Balaban J connectivity index is 1.43. The first-order chi connectivity index (χ1) is 15.3. The summed E-state index contributed by atoms with van der Waals surface area (Å²) in [4.78, 5) is 0. The Morgan fingerprint density at radius 2 is 1.13 bits per heavy atom. The second-order valence-electron chi connectivity index (χ2n) is 9.06. The van der Waals surface area contributed by atoms with Gasteiger partial charge in [-0.1, -0.05) is 108 Å². The molecule has 0 radical (unpaired) electrons. The van der Waals surface area contributed by atoms with Crippen LogP contribution in [0.3, 0.4) is 0 Å². The third-order valence-electron chi connectivity index (χ3n) is 6.16. The topological polar surface area (TPSA) is 32.3 Å². The molecule has 2 rings (SSSR count). The van der Waals surface area contributed by atoms with Gasteiger partial charge in [0.2, 0.25) is 0 Å². The molecular weight excluding hydrogens is 378 g/mol. The molecule has 2 aromatic rings. The number of hydrogen-bond donors (Lipinski definition) is 2. The summed E-state index contributed by atoms with van der Waals surface area (Å²) in [6, 6.07) is 19.1. The Morgan fingerprint density at radius 3 is 1.74 bits per heavy atom. The molecule has 2 nitrogen and oxygen atoms in total. The maximum absolute atomic E-state index is 10.2. The largest absolute Gasteiger partial charge is 0.393 e. The molecule has 0 amide bonds. The highest BCUT2D eigenvalue weighted by Gasteiger charge is 2.04. The lowest BCUT2D eigenvalue weighted by Gasteiger charge is -2.10. The van der Waals surface area contributed by atoms with E-state index in [4.69, 9.17) is 0 Å². The molecule has 172 valence electrons. The standard InChI is InChI=1S/C29H45NO/c1-2-3-4-5-6-7-8-15-20-29(31)21-16-10-9-12-17-26-22-24-28(25-23-26)30-27-18-13-11-14-19-27/h11,13-14,18-19,22-25,29-31H,2-10,12,15-17,20-21H2,1H3. The Labute approximate surface area is 191 Å². The predicted molar refractivity (Wildman–Crippen MR) is 136 cm³/mol. The summed E-state index contributed by atoms with van der Waals surface area (Å²) in [5, 5.41) is 13.6. The van der Waals surface area contributed by atoms with E-state index in [0.29, 0.717) is 0 Å². The van der Waals surface area contributed by atoms with Crippen LogP contribution in [0.15, 0.2) is 54.6 Å². The maximum Gasteiger partial charge on any atom is 0.0540 e. The van der Waals surface area contributed by atoms with Crippen LogP contribution in [0.2, 0.25) is 0 Å². The lowest BCUT2D eigenvalue weighted by Crippen LogP contribution is -2.06. The molecule has 1 unspecified atom stereocenters. The van der Waals surface area contributed by atoms with E-state index in [9.17, 15) is 5.11 Å². The van der Waals surface area contributed by atoms with Gasteiger partial charge in [-0.2, -0.15) is 0 Å². The first-order valence-electron chi connectivity index (χ1n) is 12.9. The number of nitrogens with one attached hydrogen (secondary N) is 1. The molecule has 0 bridgehead atoms. The number of para-hydroxylation sites is 1. The van der Waals surface area contributed by atoms with Crippen LogP contribution < -0.4 is 5.32 Å². The second kappa shape index (κ2) is 16.8. The maximum atomic E-state index is 10.2. The van der Waals surface area contributed by atoms with Gasteiger partial charge in [0.05, 0.1) is 6.10 Å². The number of unbranched alkanes of at least 4 members (excludes halogenated alkanes) is 10. The van der Waals surface area contributed by atoms with Crippen LogP contribution in [0.4, 0.5) is 11.4 Å². The second-order valence-corrected chi connectivity index (χ2v) is 9.06. The number of aliphatic hydroxyl groups is 1. The Hall–Kier alpha value is -1.80. The van der Waals surface area contributed by atoms with E-state index >= 15 is 0 Å². The van der Waals surface area contributed by atoms with Gasteiger partial charge in [0.1, 0.15) is 0 Å². The van der Waals surface area contributed by atoms with Crippen molar-refractivity contribution in [3.05, 3.63) is 60.2 Å². The van der Waals surface area contributed by atoms with Crippen molar-refractivity contribution in [3.63, 3.8) is 0 Å². The fourth-order valence-corrected chi connectivity index (χ4v) is 4.16. The van der Waals surface area contributed by atoms with E-state index in [0.717, 1.165) is 37.1 Å². The zero-order valence-electron chi connectivity index (χ0n) is 19.8. The van der Waals surface area contributed by atoms with Crippen LogP contribution in [0.1, 0.15) is 102 Å². The number of benzene rings is 2. The minimum absolute atomic E-state index is 0.0789. The van der Waals surface area contributed by atoms with Gasteiger partial charge in [0.15, 0.2) is 0 Å². The number of hydrogen-bond acceptors (Lipinski definition) is 2. The van der Waals surface area contributed by atoms with Crippen LogP contribution in [-0.4, -0.2) is 11.2 Å². The smallest absolute Gasteiger partial charge is 0.0540 e. The molecule has 0 aliphatic rings. The molecule has 0 saturated heterocycles. The molecule has 0 fully saturated rings. The number of anilines is 2. The predicted octanol–water partition coefficient (Wildman–Crippen LogP) is 8.81. The highest BCUT2D eigenvalue weighted by atomic mass is 16.3. The summed E-state index contributed by atoms with van der Waals surface area (Å²) in [5.41, 5.74) is 3.67. The molecule has 0 spiro atoms. The van der Waals surface area contributed by atoms with E-state index in [1.807, 2.05) is 18.2 Å². The summed E-state index contributed by atoms with van der Waals surface area (Å²) in [6.45, 7) is 2.27. The fraction of sp³-hybridized carbons (Fsp3) is 0.586. The van der Waals surface area contributed by atoms with Gasteiger partial charge >= 0.3 is 0 Å². The van der Waals surface area contributed by atoms with Gasteiger partial charge in [-0.15, -0.1) is 0 Å². The van der Waals surface area contributed by atoms with Crippen molar-refractivity contribution in [3.8, 4) is 0 Å². The molecule has 0 aliphatic carbocycles. The van der Waals surface area contributed by atoms with Crippen molar-refractivity contribution >= 4 is 11.4 Å². The van der Waals surface area contributed by atoms with E-state index in [1.54, 1.807) is 0 Å². The summed E-state index contributed by atoms with van der Waals surface area (Å²) >= 11 is 0. The Kier molecular flexibility index (Phi) is 13.8. The SMILES string of the molecule is CCCCCCCCCCC(O)CCCCCCc1ccc(Nc2ccccc2)cc1. The lowest BCUT2D eigenvalue weighted by atomic mass is 10.0. The molecule has 0 heterocycles. The van der Waals surface area contributed by atoms with Crippen LogP contribution in [0.25, 0.3) is 0 Å². The average molecular weight is 424 g/mol. The minimum Gasteiger partial charge on any atom is -0.393 e. The minimum atomic E-state index is -0.0789. The highest BCUT2D eigenvalue weighted by molar-refractivity contribution is 5.59. The van der Waals surface area contributed by atoms with Crippen LogP contribution in [-0.2, 0) is 6.42 Å². The highest BCUT2D eigenvalue weighted by Crippen LogP contribution is 2.18. The third kappa shape index (κ3) is 12.6. The molecule has 2 aromatic carbocycles. The van der Waals surface area contributed by atoms with Crippen LogP contribution >= 0.6 is 0 Å². The molecule has 31 heavy (non-hydrogen) atoms. The first-order valence-corrected chi connectivity index (χ1v) is 12.9. The van der Waals surface area contributed by atoms with Gasteiger partial charge in [-0.25, -0.2) is 0 Å². The van der Waals surface area contributed by atoms with Crippen molar-refractivity contribution in [1.82, 2.24) is 0 Å². The summed E-state index contributed by atoms with van der Waals surface area (Å²) in [5.74, 6) is 0.